The first-order valence-corrected chi connectivity index (χ1v) is 11.2. The van der Waals surface area contributed by atoms with Gasteiger partial charge in [0.2, 0.25) is 0 Å². The molecular formula is C23H18Cl2N2O3S. The quantitative estimate of drug-likeness (QED) is 0.536. The van der Waals surface area contributed by atoms with Crippen LogP contribution in [0.2, 0.25) is 10.0 Å². The lowest BCUT2D eigenvalue weighted by Gasteiger charge is -2.24. The van der Waals surface area contributed by atoms with Gasteiger partial charge < -0.3 is 4.74 Å². The van der Waals surface area contributed by atoms with Crippen molar-refractivity contribution in [3.05, 3.63) is 101 Å². The topological polar surface area (TPSA) is 60.7 Å². The monoisotopic (exact) mass is 472 g/mol. The zero-order valence-corrected chi connectivity index (χ0v) is 19.1. The molecule has 158 valence electrons. The second-order valence-electron chi connectivity index (χ2n) is 6.91. The highest BCUT2D eigenvalue weighted by Gasteiger charge is 2.33. The van der Waals surface area contributed by atoms with Gasteiger partial charge in [-0.25, -0.2) is 9.79 Å². The normalized spacial score (nSPS) is 16.1. The molecular weight excluding hydrogens is 455 g/mol. The highest BCUT2D eigenvalue weighted by atomic mass is 35.5. The number of nitrogens with zero attached hydrogens (tertiary/aromatic N) is 2. The Morgan fingerprint density at radius 3 is 2.35 bits per heavy atom. The first kappa shape index (κ1) is 21.6. The molecule has 0 aliphatic carbocycles. The minimum Gasteiger partial charge on any atom is -0.463 e. The van der Waals surface area contributed by atoms with E-state index in [0.29, 0.717) is 30.6 Å². The number of benzene rings is 2. The van der Waals surface area contributed by atoms with Gasteiger partial charge in [-0.3, -0.25) is 9.36 Å². The minimum absolute atomic E-state index is 0.226. The molecule has 2 aromatic carbocycles. The van der Waals surface area contributed by atoms with Crippen LogP contribution in [0.15, 0.2) is 69.6 Å². The molecule has 4 rings (SSSR count). The van der Waals surface area contributed by atoms with E-state index in [9.17, 15) is 9.59 Å². The minimum atomic E-state index is -0.653. The lowest BCUT2D eigenvalue weighted by molar-refractivity contribution is -0.139. The largest absolute Gasteiger partial charge is 0.463 e. The Labute approximate surface area is 192 Å². The van der Waals surface area contributed by atoms with Crippen molar-refractivity contribution in [3.63, 3.8) is 0 Å². The first-order chi connectivity index (χ1) is 14.9. The van der Waals surface area contributed by atoms with Crippen molar-refractivity contribution in [2.45, 2.75) is 19.9 Å². The number of allylic oxidation sites excluding steroid dienone is 1. The Hall–Kier alpha value is -2.67. The van der Waals surface area contributed by atoms with E-state index in [2.05, 4.69) is 4.99 Å². The Balaban J connectivity index is 1.94. The van der Waals surface area contributed by atoms with Crippen molar-refractivity contribution in [1.29, 1.82) is 0 Å². The molecule has 0 N–H and O–H groups in total. The molecule has 0 saturated heterocycles. The van der Waals surface area contributed by atoms with Crippen LogP contribution < -0.4 is 14.9 Å². The summed E-state index contributed by atoms with van der Waals surface area (Å²) >= 11 is 13.3. The second kappa shape index (κ2) is 8.83. The van der Waals surface area contributed by atoms with E-state index in [1.54, 1.807) is 60.9 Å². The van der Waals surface area contributed by atoms with Gasteiger partial charge in [0.15, 0.2) is 4.80 Å². The smallest absolute Gasteiger partial charge is 0.338 e. The molecule has 5 nitrogen and oxygen atoms in total. The maximum atomic E-state index is 13.4. The molecule has 1 aliphatic heterocycles. The van der Waals surface area contributed by atoms with Crippen molar-refractivity contribution in [2.75, 3.05) is 6.61 Å². The van der Waals surface area contributed by atoms with E-state index in [0.717, 1.165) is 11.1 Å². The van der Waals surface area contributed by atoms with Crippen LogP contribution in [0, 0.1) is 0 Å². The average molecular weight is 473 g/mol. The van der Waals surface area contributed by atoms with Crippen LogP contribution in [0.1, 0.15) is 31.0 Å². The maximum Gasteiger partial charge on any atom is 0.338 e. The van der Waals surface area contributed by atoms with Gasteiger partial charge in [-0.05, 0) is 55.3 Å². The third kappa shape index (κ3) is 4.24. The third-order valence-corrected chi connectivity index (χ3v) is 6.36. The van der Waals surface area contributed by atoms with Gasteiger partial charge in [0.1, 0.15) is 0 Å². The molecule has 0 saturated carbocycles. The van der Waals surface area contributed by atoms with Crippen molar-refractivity contribution in [3.8, 4) is 0 Å². The van der Waals surface area contributed by atoms with Gasteiger partial charge in [0, 0.05) is 10.0 Å². The fraction of sp³-hybridized carbons (Fsp3) is 0.174. The van der Waals surface area contributed by atoms with Crippen molar-refractivity contribution in [1.82, 2.24) is 4.57 Å². The van der Waals surface area contributed by atoms with Crippen molar-refractivity contribution >= 4 is 46.6 Å². The van der Waals surface area contributed by atoms with Crippen LogP contribution in [0.4, 0.5) is 0 Å². The highest BCUT2D eigenvalue weighted by molar-refractivity contribution is 7.07. The van der Waals surface area contributed by atoms with Gasteiger partial charge in [-0.15, -0.1) is 0 Å². The molecule has 2 heterocycles. The Kier molecular flexibility index (Phi) is 6.14. The second-order valence-corrected chi connectivity index (χ2v) is 8.79. The molecule has 0 spiro atoms. The summed E-state index contributed by atoms with van der Waals surface area (Å²) in [6, 6.07) is 13.6. The van der Waals surface area contributed by atoms with E-state index in [1.807, 2.05) is 12.1 Å². The number of rotatable bonds is 4. The summed E-state index contributed by atoms with van der Waals surface area (Å²) < 4.78 is 7.34. The number of ether oxygens (including phenoxy) is 1. The number of hydrogen-bond donors (Lipinski definition) is 0. The van der Waals surface area contributed by atoms with Crippen LogP contribution in [0.3, 0.4) is 0 Å². The number of hydrogen-bond acceptors (Lipinski definition) is 5. The summed E-state index contributed by atoms with van der Waals surface area (Å²) in [5.41, 5.74) is 2.24. The molecule has 0 amide bonds. The zero-order chi connectivity index (χ0) is 22.1. The van der Waals surface area contributed by atoms with Gasteiger partial charge in [0.05, 0.1) is 28.5 Å². The van der Waals surface area contributed by atoms with Gasteiger partial charge in [0.25, 0.3) is 5.56 Å². The number of halogens is 2. The zero-order valence-electron chi connectivity index (χ0n) is 16.8. The Bertz CT molecular complexity index is 1350. The summed E-state index contributed by atoms with van der Waals surface area (Å²) in [6.07, 6.45) is 1.79. The number of aromatic nitrogens is 1. The van der Waals surface area contributed by atoms with E-state index in [-0.39, 0.29) is 12.2 Å². The predicted octanol–water partition coefficient (Wildman–Crippen LogP) is 4.11. The molecule has 1 unspecified atom stereocenters. The highest BCUT2D eigenvalue weighted by Crippen LogP contribution is 2.31. The maximum absolute atomic E-state index is 13.4. The fourth-order valence-electron chi connectivity index (χ4n) is 3.46. The van der Waals surface area contributed by atoms with Gasteiger partial charge in [-0.2, -0.15) is 0 Å². The summed E-state index contributed by atoms with van der Waals surface area (Å²) in [5.74, 6) is -0.490. The van der Waals surface area contributed by atoms with E-state index in [1.165, 1.54) is 11.3 Å². The van der Waals surface area contributed by atoms with E-state index in [4.69, 9.17) is 27.9 Å². The number of carbonyl (C=O) groups excluding carboxylic acids is 1. The molecule has 1 aliphatic rings. The van der Waals surface area contributed by atoms with Crippen LogP contribution in [-0.2, 0) is 9.53 Å². The molecule has 0 bridgehead atoms. The van der Waals surface area contributed by atoms with E-state index >= 15 is 0 Å². The summed E-state index contributed by atoms with van der Waals surface area (Å²) in [5, 5.41) is 1.19. The molecule has 8 heteroatoms. The van der Waals surface area contributed by atoms with E-state index < -0.39 is 12.0 Å². The summed E-state index contributed by atoms with van der Waals surface area (Å²) in [7, 11) is 0. The van der Waals surface area contributed by atoms with Crippen molar-refractivity contribution in [2.24, 2.45) is 4.99 Å². The average Bonchev–Trinajstić information content (AvgIpc) is 3.04. The standard InChI is InChI=1S/C23H18Cl2N2O3S/c1-3-30-22(29)19-13(2)26-23-27(20(19)15-6-10-17(25)11-7-15)21(28)18(31-23)12-14-4-8-16(24)9-5-14/h4-12,20H,3H2,1-2H3/b18-12-. The fourth-order valence-corrected chi connectivity index (χ4v) is 4.76. The summed E-state index contributed by atoms with van der Waals surface area (Å²) in [4.78, 5) is 31.3. The molecule has 1 atom stereocenters. The molecule has 31 heavy (non-hydrogen) atoms. The van der Waals surface area contributed by atoms with Crippen LogP contribution >= 0.6 is 34.5 Å². The van der Waals surface area contributed by atoms with Crippen molar-refractivity contribution < 1.29 is 9.53 Å². The van der Waals surface area contributed by atoms with Crippen LogP contribution in [-0.4, -0.2) is 17.1 Å². The molecule has 0 radical (unpaired) electrons. The molecule has 1 aromatic heterocycles. The lowest BCUT2D eigenvalue weighted by Crippen LogP contribution is -2.39. The lowest BCUT2D eigenvalue weighted by atomic mass is 9.96. The predicted molar refractivity (Wildman–Crippen MR) is 123 cm³/mol. The van der Waals surface area contributed by atoms with Crippen LogP contribution in [0.25, 0.3) is 6.08 Å². The molecule has 0 fully saturated rings. The molecule has 3 aromatic rings. The number of esters is 1. The Morgan fingerprint density at radius 2 is 1.74 bits per heavy atom. The third-order valence-electron chi connectivity index (χ3n) is 4.87. The SMILES string of the molecule is CCOC(=O)C1=C(C)N=c2s/c(=C\c3ccc(Cl)cc3)c(=O)n2C1c1ccc(Cl)cc1. The summed E-state index contributed by atoms with van der Waals surface area (Å²) in [6.45, 7) is 3.72. The first-order valence-electron chi connectivity index (χ1n) is 9.59. The number of thiazole rings is 1. The Morgan fingerprint density at radius 1 is 1.13 bits per heavy atom. The van der Waals surface area contributed by atoms with Gasteiger partial charge >= 0.3 is 5.97 Å². The number of fused-ring (bicyclic) bond motifs is 1. The number of carbonyl (C=O) groups is 1. The van der Waals surface area contributed by atoms with Gasteiger partial charge in [-0.1, -0.05) is 58.8 Å². The van der Waals surface area contributed by atoms with Crippen LogP contribution in [0.5, 0.6) is 0 Å².